The smallest absolute Gasteiger partial charge is 0.410 e. The van der Waals surface area contributed by atoms with Crippen molar-refractivity contribution >= 4 is 35.2 Å². The molecule has 0 aromatic carbocycles. The number of hydrogen-bond acceptors (Lipinski definition) is 8. The number of cyclic esters (lactones) is 1. The standard InChI is InChI=1S/C17H23N5O5S/c1-9-13(21(2)17(26)27-9)15(24)20-14(23)12-4-3-5-22(12)16(25)11(18)6-10-7-28-8-19-10/h7-9,11-13H,3-6,18H2,1-2H3,(H,20,23,24)/t9-,11+,12+,13+/m1/s1. The second kappa shape index (κ2) is 8.23. The molecule has 3 rings (SSSR count). The van der Waals surface area contributed by atoms with Crippen LogP contribution in [0.3, 0.4) is 0 Å². The minimum atomic E-state index is -0.895. The number of likely N-dealkylation sites (N-methyl/N-ethyl adjacent to an activating group) is 1. The molecule has 0 unspecified atom stereocenters. The molecule has 3 heterocycles. The summed E-state index contributed by atoms with van der Waals surface area (Å²) in [6.07, 6.45) is 0.0855. The number of hydrogen-bond donors (Lipinski definition) is 2. The molecule has 10 nitrogen and oxygen atoms in total. The third-order valence-corrected chi connectivity index (χ3v) is 5.66. The zero-order valence-corrected chi connectivity index (χ0v) is 16.5. The zero-order valence-electron chi connectivity index (χ0n) is 15.7. The molecule has 2 fully saturated rings. The molecular weight excluding hydrogens is 386 g/mol. The van der Waals surface area contributed by atoms with Gasteiger partial charge in [0.15, 0.2) is 6.04 Å². The van der Waals surface area contributed by atoms with Crippen molar-refractivity contribution in [1.82, 2.24) is 20.1 Å². The molecule has 2 saturated heterocycles. The highest BCUT2D eigenvalue weighted by molar-refractivity contribution is 7.07. The number of thiazole rings is 1. The zero-order chi connectivity index (χ0) is 20.4. The molecule has 3 N–H and O–H groups in total. The van der Waals surface area contributed by atoms with E-state index in [0.29, 0.717) is 19.4 Å². The maximum absolute atomic E-state index is 12.7. The number of rotatable bonds is 5. The number of carbonyl (C=O) groups is 4. The third kappa shape index (κ3) is 3.99. The number of likely N-dealkylation sites (tertiary alicyclic amines) is 1. The summed E-state index contributed by atoms with van der Waals surface area (Å²) in [6.45, 7) is 1.98. The Hall–Kier alpha value is -2.53. The van der Waals surface area contributed by atoms with E-state index < -0.39 is 42.1 Å². The van der Waals surface area contributed by atoms with Crippen LogP contribution in [0.4, 0.5) is 4.79 Å². The summed E-state index contributed by atoms with van der Waals surface area (Å²) in [5.41, 5.74) is 8.41. The Morgan fingerprint density at radius 2 is 2.18 bits per heavy atom. The first kappa shape index (κ1) is 20.2. The van der Waals surface area contributed by atoms with E-state index >= 15 is 0 Å². The maximum atomic E-state index is 12.7. The molecule has 0 spiro atoms. The summed E-state index contributed by atoms with van der Waals surface area (Å²) in [7, 11) is 1.43. The topological polar surface area (TPSA) is 135 Å². The normalized spacial score (nSPS) is 25.5. The third-order valence-electron chi connectivity index (χ3n) is 5.02. The molecule has 152 valence electrons. The van der Waals surface area contributed by atoms with Crippen LogP contribution in [0.2, 0.25) is 0 Å². The second-order valence-electron chi connectivity index (χ2n) is 6.98. The lowest BCUT2D eigenvalue weighted by molar-refractivity contribution is -0.142. The van der Waals surface area contributed by atoms with Crippen LogP contribution in [0.1, 0.15) is 25.5 Å². The molecule has 2 aliphatic rings. The van der Waals surface area contributed by atoms with Crippen LogP contribution in [-0.4, -0.2) is 76.4 Å². The molecule has 0 aliphatic carbocycles. The summed E-state index contributed by atoms with van der Waals surface area (Å²) >= 11 is 1.42. The Kier molecular flexibility index (Phi) is 5.94. The van der Waals surface area contributed by atoms with E-state index in [1.165, 1.54) is 23.3 Å². The van der Waals surface area contributed by atoms with E-state index in [-0.39, 0.29) is 12.3 Å². The van der Waals surface area contributed by atoms with Crippen LogP contribution < -0.4 is 11.1 Å². The monoisotopic (exact) mass is 409 g/mol. The lowest BCUT2D eigenvalue weighted by Crippen LogP contribution is -2.55. The van der Waals surface area contributed by atoms with Crippen LogP contribution in [0.5, 0.6) is 0 Å². The van der Waals surface area contributed by atoms with Gasteiger partial charge in [0, 0.05) is 25.4 Å². The van der Waals surface area contributed by atoms with E-state index in [1.807, 2.05) is 5.38 Å². The molecule has 1 aromatic rings. The largest absolute Gasteiger partial charge is 0.444 e. The van der Waals surface area contributed by atoms with Gasteiger partial charge in [-0.05, 0) is 19.8 Å². The number of nitrogens with zero attached hydrogens (tertiary/aromatic N) is 3. The predicted molar refractivity (Wildman–Crippen MR) is 99.2 cm³/mol. The minimum Gasteiger partial charge on any atom is -0.444 e. The van der Waals surface area contributed by atoms with Gasteiger partial charge in [-0.15, -0.1) is 11.3 Å². The number of imide groups is 1. The van der Waals surface area contributed by atoms with Gasteiger partial charge in [-0.3, -0.25) is 24.6 Å². The van der Waals surface area contributed by atoms with Gasteiger partial charge in [-0.2, -0.15) is 0 Å². The Balaban J connectivity index is 1.61. The number of carbonyl (C=O) groups excluding carboxylic acids is 4. The van der Waals surface area contributed by atoms with Gasteiger partial charge in [0.05, 0.1) is 17.2 Å². The number of aromatic nitrogens is 1. The van der Waals surface area contributed by atoms with Gasteiger partial charge in [-0.25, -0.2) is 9.78 Å². The van der Waals surface area contributed by atoms with Crippen molar-refractivity contribution in [3.63, 3.8) is 0 Å². The van der Waals surface area contributed by atoms with Crippen molar-refractivity contribution < 1.29 is 23.9 Å². The highest BCUT2D eigenvalue weighted by Gasteiger charge is 2.43. The lowest BCUT2D eigenvalue weighted by atomic mass is 10.1. The maximum Gasteiger partial charge on any atom is 0.410 e. The molecule has 0 radical (unpaired) electrons. The van der Waals surface area contributed by atoms with Crippen LogP contribution in [-0.2, 0) is 25.5 Å². The van der Waals surface area contributed by atoms with Crippen molar-refractivity contribution in [2.45, 2.75) is 50.4 Å². The van der Waals surface area contributed by atoms with E-state index in [1.54, 1.807) is 12.4 Å². The van der Waals surface area contributed by atoms with Gasteiger partial charge in [-0.1, -0.05) is 0 Å². The predicted octanol–water partition coefficient (Wildman–Crippen LogP) is -0.514. The highest BCUT2D eigenvalue weighted by atomic mass is 32.1. The molecule has 4 atom stereocenters. The first-order valence-corrected chi connectivity index (χ1v) is 9.95. The van der Waals surface area contributed by atoms with Crippen molar-refractivity contribution in [3.8, 4) is 0 Å². The number of nitrogens with one attached hydrogen (secondary N) is 1. The summed E-state index contributed by atoms with van der Waals surface area (Å²) in [5, 5.41) is 4.14. The van der Waals surface area contributed by atoms with Gasteiger partial charge >= 0.3 is 6.09 Å². The quantitative estimate of drug-likeness (QED) is 0.625. The molecule has 11 heteroatoms. The van der Waals surface area contributed by atoms with Crippen molar-refractivity contribution in [2.24, 2.45) is 5.73 Å². The summed E-state index contributed by atoms with van der Waals surface area (Å²) in [6, 6.07) is -2.47. The van der Waals surface area contributed by atoms with Gasteiger partial charge < -0.3 is 15.4 Å². The molecule has 0 saturated carbocycles. The van der Waals surface area contributed by atoms with Crippen molar-refractivity contribution in [1.29, 1.82) is 0 Å². The molecule has 1 aromatic heterocycles. The van der Waals surface area contributed by atoms with E-state index in [0.717, 1.165) is 10.6 Å². The second-order valence-corrected chi connectivity index (χ2v) is 7.70. The SMILES string of the molecule is C[C@H]1OC(=O)N(C)[C@@H]1C(=O)NC(=O)[C@@H]1CCCN1C(=O)[C@@H](N)Cc1cscn1. The van der Waals surface area contributed by atoms with Crippen molar-refractivity contribution in [2.75, 3.05) is 13.6 Å². The fourth-order valence-electron chi connectivity index (χ4n) is 3.57. The van der Waals surface area contributed by atoms with Crippen LogP contribution in [0, 0.1) is 0 Å². The molecule has 2 aliphatic heterocycles. The van der Waals surface area contributed by atoms with Crippen LogP contribution >= 0.6 is 11.3 Å². The number of ether oxygens (including phenoxy) is 1. The van der Waals surface area contributed by atoms with Gasteiger partial charge in [0.1, 0.15) is 12.1 Å². The van der Waals surface area contributed by atoms with Crippen LogP contribution in [0.15, 0.2) is 10.9 Å². The average molecular weight is 409 g/mol. The fourth-order valence-corrected chi connectivity index (χ4v) is 4.14. The van der Waals surface area contributed by atoms with Crippen molar-refractivity contribution in [3.05, 3.63) is 16.6 Å². The summed E-state index contributed by atoms with van der Waals surface area (Å²) in [4.78, 5) is 56.1. The van der Waals surface area contributed by atoms with E-state index in [4.69, 9.17) is 10.5 Å². The Labute approximate surface area is 166 Å². The molecular formula is C17H23N5O5S. The Morgan fingerprint density at radius 1 is 1.43 bits per heavy atom. The van der Waals surface area contributed by atoms with E-state index in [2.05, 4.69) is 10.3 Å². The first-order valence-electron chi connectivity index (χ1n) is 9.01. The fraction of sp³-hybridized carbons (Fsp3) is 0.588. The van der Waals surface area contributed by atoms with Gasteiger partial charge in [0.2, 0.25) is 11.8 Å². The lowest BCUT2D eigenvalue weighted by Gasteiger charge is -2.27. The summed E-state index contributed by atoms with van der Waals surface area (Å²) < 4.78 is 4.98. The van der Waals surface area contributed by atoms with Crippen LogP contribution in [0.25, 0.3) is 0 Å². The summed E-state index contributed by atoms with van der Waals surface area (Å²) in [5.74, 6) is -1.54. The molecule has 4 amide bonds. The number of nitrogens with two attached hydrogens (primary N) is 1. The molecule has 0 bridgehead atoms. The highest BCUT2D eigenvalue weighted by Crippen LogP contribution is 2.21. The average Bonchev–Trinajstić information content (AvgIpc) is 3.36. The van der Waals surface area contributed by atoms with Gasteiger partial charge in [0.25, 0.3) is 5.91 Å². The van der Waals surface area contributed by atoms with E-state index in [9.17, 15) is 19.2 Å². The number of amides is 4. The Bertz CT molecular complexity index is 770. The molecule has 28 heavy (non-hydrogen) atoms. The minimum absolute atomic E-state index is 0.288. The first-order chi connectivity index (χ1) is 13.3. The Morgan fingerprint density at radius 3 is 2.79 bits per heavy atom.